The minimum absolute atomic E-state index is 0.0515. The zero-order valence-electron chi connectivity index (χ0n) is 18.4. The molecule has 1 N–H and O–H groups in total. The Morgan fingerprint density at radius 3 is 2.67 bits per heavy atom. The number of aromatic nitrogens is 4. The maximum Gasteiger partial charge on any atom is 0.340 e. The van der Waals surface area contributed by atoms with Crippen LogP contribution >= 0.6 is 11.6 Å². The molecule has 2 aromatic carbocycles. The summed E-state index contributed by atoms with van der Waals surface area (Å²) in [5.74, 6) is -0.785. The number of anilines is 1. The zero-order valence-corrected chi connectivity index (χ0v) is 19.1. The summed E-state index contributed by atoms with van der Waals surface area (Å²) >= 11 is 6.34. The largest absolute Gasteiger partial charge is 0.465 e. The highest BCUT2D eigenvalue weighted by Gasteiger charge is 2.20. The van der Waals surface area contributed by atoms with Gasteiger partial charge < -0.3 is 10.1 Å². The van der Waals surface area contributed by atoms with Crippen LogP contribution in [0, 0.1) is 5.82 Å². The first-order valence-electron chi connectivity index (χ1n) is 10.0. The number of carbonyl (C=O) groups excluding carboxylic acids is 1. The summed E-state index contributed by atoms with van der Waals surface area (Å²) in [6, 6.07) is 6.65. The van der Waals surface area contributed by atoms with Crippen LogP contribution in [0.4, 0.5) is 10.1 Å². The monoisotopic (exact) mass is 469 g/mol. The van der Waals surface area contributed by atoms with Crippen molar-refractivity contribution in [2.75, 3.05) is 12.4 Å². The molecular formula is C23H21ClFN5O3. The van der Waals surface area contributed by atoms with Gasteiger partial charge in [-0.2, -0.15) is 5.10 Å². The van der Waals surface area contributed by atoms with E-state index >= 15 is 0 Å². The second kappa shape index (κ2) is 8.67. The Balaban J connectivity index is 1.87. The van der Waals surface area contributed by atoms with Gasteiger partial charge in [0.05, 0.1) is 41.4 Å². The Hall–Kier alpha value is -3.72. The average molecular weight is 470 g/mol. The number of esters is 1. The molecule has 0 aliphatic heterocycles. The first-order chi connectivity index (χ1) is 15.7. The van der Waals surface area contributed by atoms with Crippen molar-refractivity contribution in [3.63, 3.8) is 0 Å². The van der Waals surface area contributed by atoms with Crippen LogP contribution < -0.4 is 10.9 Å². The van der Waals surface area contributed by atoms with Crippen molar-refractivity contribution < 1.29 is 13.9 Å². The van der Waals surface area contributed by atoms with Crippen LogP contribution in [-0.4, -0.2) is 32.4 Å². The molecule has 0 spiro atoms. The topological polar surface area (TPSA) is 91.0 Å². The third kappa shape index (κ3) is 4.19. The number of hydrogen-bond donors (Lipinski definition) is 1. The third-order valence-electron chi connectivity index (χ3n) is 5.36. The molecule has 1 atom stereocenters. The number of nitrogens with one attached hydrogen (secondary N) is 1. The molecule has 170 valence electrons. The molecule has 0 saturated heterocycles. The minimum Gasteiger partial charge on any atom is -0.465 e. The van der Waals surface area contributed by atoms with Crippen molar-refractivity contribution in [2.45, 2.75) is 13.0 Å². The lowest BCUT2D eigenvalue weighted by molar-refractivity contribution is 0.0601. The highest BCUT2D eigenvalue weighted by atomic mass is 35.5. The highest BCUT2D eigenvalue weighted by Crippen LogP contribution is 2.31. The van der Waals surface area contributed by atoms with Crippen molar-refractivity contribution in [1.82, 2.24) is 19.3 Å². The first-order valence-corrected chi connectivity index (χ1v) is 10.4. The van der Waals surface area contributed by atoms with Crippen molar-refractivity contribution in [3.05, 3.63) is 75.0 Å². The van der Waals surface area contributed by atoms with Gasteiger partial charge in [-0.15, -0.1) is 0 Å². The number of aryl methyl sites for hydroxylation is 1. The van der Waals surface area contributed by atoms with Gasteiger partial charge in [0.25, 0.3) is 5.56 Å². The number of hydrogen-bond acceptors (Lipinski definition) is 6. The molecule has 2 aromatic heterocycles. The Labute approximate surface area is 193 Å². The lowest BCUT2D eigenvalue weighted by Crippen LogP contribution is -2.21. The summed E-state index contributed by atoms with van der Waals surface area (Å²) < 4.78 is 21.6. The van der Waals surface area contributed by atoms with E-state index in [-0.39, 0.29) is 11.1 Å². The summed E-state index contributed by atoms with van der Waals surface area (Å²) in [6.45, 7) is 1.83. The third-order valence-corrected chi connectivity index (χ3v) is 5.58. The lowest BCUT2D eigenvalue weighted by Gasteiger charge is -2.20. The van der Waals surface area contributed by atoms with Gasteiger partial charge in [-0.1, -0.05) is 11.6 Å². The van der Waals surface area contributed by atoms with Gasteiger partial charge in [-0.3, -0.25) is 14.0 Å². The van der Waals surface area contributed by atoms with Gasteiger partial charge in [-0.25, -0.2) is 14.2 Å². The first kappa shape index (κ1) is 22.5. The van der Waals surface area contributed by atoms with E-state index < -0.39 is 17.8 Å². The van der Waals surface area contributed by atoms with E-state index in [1.54, 1.807) is 43.3 Å². The second-order valence-electron chi connectivity index (χ2n) is 7.64. The SMILES string of the molecule is COC(=O)c1cc(F)ccc1N[C@H](C)c1cc(Cl)cc2c(=O)n(C)c(-c3cnn(C)c3)nc12. The Kier molecular flexibility index (Phi) is 5.90. The molecule has 0 aliphatic carbocycles. The molecule has 0 fully saturated rings. The molecule has 0 radical (unpaired) electrons. The molecule has 4 aromatic rings. The fourth-order valence-corrected chi connectivity index (χ4v) is 3.95. The molecule has 0 saturated carbocycles. The van der Waals surface area contributed by atoms with Gasteiger partial charge >= 0.3 is 5.97 Å². The Bertz CT molecular complexity index is 1450. The molecule has 4 rings (SSSR count). The normalized spacial score (nSPS) is 12.1. The molecule has 10 heteroatoms. The van der Waals surface area contributed by atoms with Crippen molar-refractivity contribution >= 4 is 34.2 Å². The molecule has 0 unspecified atom stereocenters. The molecule has 8 nitrogen and oxygen atoms in total. The summed E-state index contributed by atoms with van der Waals surface area (Å²) in [4.78, 5) is 30.1. The molecule has 33 heavy (non-hydrogen) atoms. The maximum absolute atomic E-state index is 13.7. The van der Waals surface area contributed by atoms with Crippen molar-refractivity contribution in [2.24, 2.45) is 14.1 Å². The van der Waals surface area contributed by atoms with E-state index in [4.69, 9.17) is 21.3 Å². The number of ether oxygens (including phenoxy) is 1. The number of halogens is 2. The molecular weight excluding hydrogens is 449 g/mol. The highest BCUT2D eigenvalue weighted by molar-refractivity contribution is 6.31. The van der Waals surface area contributed by atoms with Crippen molar-refractivity contribution in [3.8, 4) is 11.4 Å². The number of rotatable bonds is 5. The second-order valence-corrected chi connectivity index (χ2v) is 8.08. The summed E-state index contributed by atoms with van der Waals surface area (Å²) in [6.07, 6.45) is 3.40. The quantitative estimate of drug-likeness (QED) is 0.443. The van der Waals surface area contributed by atoms with Gasteiger partial charge in [0.2, 0.25) is 0 Å². The number of benzene rings is 2. The molecule has 0 amide bonds. The molecule has 2 heterocycles. The van der Waals surface area contributed by atoms with Crippen LogP contribution in [0.5, 0.6) is 0 Å². The molecule has 0 bridgehead atoms. The number of nitrogens with zero attached hydrogens (tertiary/aromatic N) is 4. The van der Waals surface area contributed by atoms with Gasteiger partial charge in [0, 0.05) is 36.6 Å². The van der Waals surface area contributed by atoms with E-state index in [2.05, 4.69) is 10.4 Å². The predicted molar refractivity (Wildman–Crippen MR) is 124 cm³/mol. The van der Waals surface area contributed by atoms with Crippen LogP contribution in [0.3, 0.4) is 0 Å². The number of methoxy groups -OCH3 is 1. The minimum atomic E-state index is -0.675. The number of carbonyl (C=O) groups is 1. The predicted octanol–water partition coefficient (Wildman–Crippen LogP) is 4.09. The van der Waals surface area contributed by atoms with Gasteiger partial charge in [0.1, 0.15) is 11.6 Å². The summed E-state index contributed by atoms with van der Waals surface area (Å²) in [5.41, 5.74) is 1.96. The Morgan fingerprint density at radius 2 is 2.00 bits per heavy atom. The van der Waals surface area contributed by atoms with Crippen LogP contribution in [-0.2, 0) is 18.8 Å². The number of fused-ring (bicyclic) bond motifs is 1. The van der Waals surface area contributed by atoms with E-state index in [0.717, 1.165) is 6.07 Å². The maximum atomic E-state index is 13.7. The van der Waals surface area contributed by atoms with E-state index in [0.29, 0.717) is 38.6 Å². The van der Waals surface area contributed by atoms with E-state index in [1.165, 1.54) is 23.8 Å². The van der Waals surface area contributed by atoms with Crippen LogP contribution in [0.2, 0.25) is 5.02 Å². The zero-order chi connectivity index (χ0) is 23.9. The summed E-state index contributed by atoms with van der Waals surface area (Å²) in [5, 5.41) is 8.08. The lowest BCUT2D eigenvalue weighted by atomic mass is 10.0. The fourth-order valence-electron chi connectivity index (χ4n) is 3.72. The van der Waals surface area contributed by atoms with Crippen LogP contribution in [0.1, 0.15) is 28.9 Å². The smallest absolute Gasteiger partial charge is 0.340 e. The standard InChI is InChI=1S/C23H21ClFN5O3/c1-12(27-19-6-5-15(25)9-17(19)23(32)33-4)16-7-14(24)8-18-20(16)28-21(30(3)22(18)31)13-10-26-29(2)11-13/h5-12,27H,1-4H3/t12-/m1/s1. The average Bonchev–Trinajstić information content (AvgIpc) is 3.22. The van der Waals surface area contributed by atoms with Crippen molar-refractivity contribution in [1.29, 1.82) is 0 Å². The van der Waals surface area contributed by atoms with Crippen LogP contribution in [0.25, 0.3) is 22.3 Å². The van der Waals surface area contributed by atoms with E-state index in [9.17, 15) is 14.0 Å². The Morgan fingerprint density at radius 1 is 1.24 bits per heavy atom. The summed E-state index contributed by atoms with van der Waals surface area (Å²) in [7, 11) is 4.65. The fraction of sp³-hybridized carbons (Fsp3) is 0.217. The van der Waals surface area contributed by atoms with Gasteiger partial charge in [0.15, 0.2) is 0 Å². The molecule has 0 aliphatic rings. The van der Waals surface area contributed by atoms with E-state index in [1.807, 2.05) is 6.92 Å². The van der Waals surface area contributed by atoms with Crippen LogP contribution in [0.15, 0.2) is 47.5 Å². The van der Waals surface area contributed by atoms with Gasteiger partial charge in [-0.05, 0) is 37.3 Å².